The first kappa shape index (κ1) is 12.4. The van der Waals surface area contributed by atoms with E-state index in [-0.39, 0.29) is 31.7 Å². The van der Waals surface area contributed by atoms with Crippen molar-refractivity contribution in [1.29, 1.82) is 0 Å². The maximum Gasteiger partial charge on any atom is 0.534 e. The Morgan fingerprint density at radius 1 is 1.21 bits per heavy atom. The lowest BCUT2D eigenvalue weighted by Gasteiger charge is -2.17. The molecule has 0 aromatic heterocycles. The van der Waals surface area contributed by atoms with Crippen molar-refractivity contribution >= 4 is 18.0 Å². The molecule has 0 aromatic rings. The Morgan fingerprint density at radius 2 is 1.95 bits per heavy atom. The van der Waals surface area contributed by atoms with Crippen LogP contribution in [-0.2, 0) is 28.6 Å². The monoisotopic (exact) mass is 271 g/mol. The fourth-order valence-corrected chi connectivity index (χ4v) is 2.43. The molecule has 0 spiro atoms. The molecule has 0 radical (unpaired) electrons. The number of hydrogen-bond acceptors (Lipinski definition) is 7. The summed E-state index contributed by atoms with van der Waals surface area (Å²) in [5.74, 6) is -1.09. The average Bonchev–Trinajstić information content (AvgIpc) is 3.03. The molecule has 0 aromatic carbocycles. The van der Waals surface area contributed by atoms with Gasteiger partial charge in [-0.25, -0.2) is 4.79 Å². The first-order valence-corrected chi connectivity index (χ1v) is 6.13. The fourth-order valence-electron chi connectivity index (χ4n) is 2.43. The first-order chi connectivity index (χ1) is 9.15. The maximum absolute atomic E-state index is 11.5. The number of fused-ring (bicyclic) bond motifs is 1. The van der Waals surface area contributed by atoms with Crippen molar-refractivity contribution in [1.82, 2.24) is 5.06 Å². The van der Waals surface area contributed by atoms with Gasteiger partial charge in [0.2, 0.25) is 0 Å². The summed E-state index contributed by atoms with van der Waals surface area (Å²) in [6.45, 7) is 0.791. The summed E-state index contributed by atoms with van der Waals surface area (Å²) in [6.07, 6.45) is -1.02. The van der Waals surface area contributed by atoms with Crippen molar-refractivity contribution in [2.45, 2.75) is 31.7 Å². The Kier molecular flexibility index (Phi) is 3.11. The lowest BCUT2D eigenvalue weighted by molar-refractivity contribution is -0.179. The number of hydroxylamine groups is 2. The van der Waals surface area contributed by atoms with Crippen LogP contribution < -0.4 is 0 Å². The molecule has 0 saturated carbocycles. The van der Waals surface area contributed by atoms with Gasteiger partial charge in [-0.1, -0.05) is 5.06 Å². The van der Waals surface area contributed by atoms with Gasteiger partial charge in [-0.2, -0.15) is 0 Å². The SMILES string of the molecule is O=C(O[C@H]1CO[C@H]2OCCC21)ON1C(=O)CCC1=O. The summed E-state index contributed by atoms with van der Waals surface area (Å²) in [5, 5.41) is 0.459. The maximum atomic E-state index is 11.5. The quantitative estimate of drug-likeness (QED) is 0.514. The molecule has 3 heterocycles. The van der Waals surface area contributed by atoms with E-state index in [1.807, 2.05) is 0 Å². The second-order valence-electron chi connectivity index (χ2n) is 4.60. The van der Waals surface area contributed by atoms with Gasteiger partial charge >= 0.3 is 6.16 Å². The van der Waals surface area contributed by atoms with Crippen LogP contribution in [0.1, 0.15) is 19.3 Å². The molecule has 3 aliphatic heterocycles. The van der Waals surface area contributed by atoms with E-state index in [0.29, 0.717) is 11.7 Å². The molecule has 8 nitrogen and oxygen atoms in total. The Labute approximate surface area is 108 Å². The Hall–Kier alpha value is -1.67. The summed E-state index contributed by atoms with van der Waals surface area (Å²) in [7, 11) is 0. The summed E-state index contributed by atoms with van der Waals surface area (Å²) in [5.41, 5.74) is 0. The van der Waals surface area contributed by atoms with Crippen molar-refractivity contribution in [2.75, 3.05) is 13.2 Å². The van der Waals surface area contributed by atoms with E-state index in [4.69, 9.17) is 14.2 Å². The molecular formula is C11H13NO7. The number of imide groups is 1. The molecule has 0 N–H and O–H groups in total. The molecule has 0 aliphatic carbocycles. The second kappa shape index (κ2) is 4.78. The summed E-state index contributed by atoms with van der Waals surface area (Å²) in [4.78, 5) is 38.7. The molecule has 3 atom stereocenters. The molecule has 3 saturated heterocycles. The highest BCUT2D eigenvalue weighted by molar-refractivity contribution is 6.01. The van der Waals surface area contributed by atoms with Crippen LogP contribution in [0.5, 0.6) is 0 Å². The van der Waals surface area contributed by atoms with Crippen LogP contribution in [0.3, 0.4) is 0 Å². The van der Waals surface area contributed by atoms with Crippen molar-refractivity contribution < 1.29 is 33.4 Å². The molecule has 104 valence electrons. The summed E-state index contributed by atoms with van der Waals surface area (Å²) in [6, 6.07) is 0. The summed E-state index contributed by atoms with van der Waals surface area (Å²) >= 11 is 0. The van der Waals surface area contributed by atoms with Crippen molar-refractivity contribution in [3.05, 3.63) is 0 Å². The zero-order chi connectivity index (χ0) is 13.4. The first-order valence-electron chi connectivity index (χ1n) is 6.13. The van der Waals surface area contributed by atoms with Crippen molar-refractivity contribution in [3.8, 4) is 0 Å². The van der Waals surface area contributed by atoms with E-state index in [9.17, 15) is 14.4 Å². The van der Waals surface area contributed by atoms with Crippen LogP contribution in [0.25, 0.3) is 0 Å². The lowest BCUT2D eigenvalue weighted by atomic mass is 10.0. The van der Waals surface area contributed by atoms with Gasteiger partial charge in [0.05, 0.1) is 19.1 Å². The number of amides is 2. The molecular weight excluding hydrogens is 258 g/mol. The number of carbonyl (C=O) groups is 3. The molecule has 3 rings (SSSR count). The molecule has 1 unspecified atom stereocenters. The van der Waals surface area contributed by atoms with Crippen LogP contribution in [0, 0.1) is 5.92 Å². The summed E-state index contributed by atoms with van der Waals surface area (Å²) < 4.78 is 15.7. The number of nitrogens with zero attached hydrogens (tertiary/aromatic N) is 1. The van der Waals surface area contributed by atoms with E-state index in [1.54, 1.807) is 0 Å². The van der Waals surface area contributed by atoms with E-state index in [0.717, 1.165) is 6.42 Å². The minimum Gasteiger partial charge on any atom is -0.426 e. The van der Waals surface area contributed by atoms with Crippen LogP contribution in [-0.4, -0.2) is 48.6 Å². The van der Waals surface area contributed by atoms with E-state index in [2.05, 4.69) is 4.84 Å². The van der Waals surface area contributed by atoms with Gasteiger partial charge in [0.1, 0.15) is 6.10 Å². The number of ether oxygens (including phenoxy) is 3. The highest BCUT2D eigenvalue weighted by atomic mass is 16.8. The normalized spacial score (nSPS) is 33.7. The Bertz CT molecular complexity index is 407. The van der Waals surface area contributed by atoms with Gasteiger partial charge in [0, 0.05) is 12.8 Å². The number of carbonyl (C=O) groups excluding carboxylic acids is 3. The fraction of sp³-hybridized carbons (Fsp3) is 0.727. The molecule has 19 heavy (non-hydrogen) atoms. The predicted octanol–water partition coefficient (Wildman–Crippen LogP) is -0.0350. The highest BCUT2D eigenvalue weighted by Crippen LogP contribution is 2.33. The van der Waals surface area contributed by atoms with Gasteiger partial charge in [-0.05, 0) is 6.42 Å². The zero-order valence-electron chi connectivity index (χ0n) is 10.1. The number of rotatable bonds is 2. The molecule has 3 fully saturated rings. The molecule has 3 aliphatic rings. The third-order valence-corrected chi connectivity index (χ3v) is 3.40. The van der Waals surface area contributed by atoms with Gasteiger partial charge in [0.25, 0.3) is 11.8 Å². The van der Waals surface area contributed by atoms with Crippen LogP contribution in [0.4, 0.5) is 4.79 Å². The van der Waals surface area contributed by atoms with Crippen LogP contribution >= 0.6 is 0 Å². The Balaban J connectivity index is 1.54. The van der Waals surface area contributed by atoms with Gasteiger partial charge in [-0.3, -0.25) is 14.4 Å². The largest absolute Gasteiger partial charge is 0.534 e. The van der Waals surface area contributed by atoms with Gasteiger partial charge in [0.15, 0.2) is 6.29 Å². The topological polar surface area (TPSA) is 91.4 Å². The van der Waals surface area contributed by atoms with E-state index < -0.39 is 24.1 Å². The van der Waals surface area contributed by atoms with Gasteiger partial charge < -0.3 is 14.2 Å². The predicted molar refractivity (Wildman–Crippen MR) is 56.2 cm³/mol. The standard InChI is InChI=1S/C11H13NO7/c13-8-1-2-9(14)12(8)19-11(15)18-7-5-17-10-6(7)3-4-16-10/h6-7,10H,1-5H2/t6?,7-,10+/m0/s1. The Morgan fingerprint density at radius 3 is 2.68 bits per heavy atom. The van der Waals surface area contributed by atoms with Crippen molar-refractivity contribution in [3.63, 3.8) is 0 Å². The highest BCUT2D eigenvalue weighted by Gasteiger charge is 2.44. The minimum absolute atomic E-state index is 0.0162. The lowest BCUT2D eigenvalue weighted by Crippen LogP contribution is -2.35. The third-order valence-electron chi connectivity index (χ3n) is 3.40. The molecule has 0 bridgehead atoms. The van der Waals surface area contributed by atoms with E-state index >= 15 is 0 Å². The average molecular weight is 271 g/mol. The van der Waals surface area contributed by atoms with Crippen LogP contribution in [0.15, 0.2) is 0 Å². The van der Waals surface area contributed by atoms with Gasteiger partial charge in [-0.15, -0.1) is 0 Å². The smallest absolute Gasteiger partial charge is 0.426 e. The zero-order valence-corrected chi connectivity index (χ0v) is 10.1. The third kappa shape index (κ3) is 2.28. The van der Waals surface area contributed by atoms with E-state index in [1.165, 1.54) is 0 Å². The molecule has 2 amide bonds. The van der Waals surface area contributed by atoms with Crippen molar-refractivity contribution in [2.24, 2.45) is 5.92 Å². The minimum atomic E-state index is -1.07. The number of hydrogen-bond donors (Lipinski definition) is 0. The van der Waals surface area contributed by atoms with Crippen LogP contribution in [0.2, 0.25) is 0 Å². The molecule has 8 heteroatoms. The second-order valence-corrected chi connectivity index (χ2v) is 4.60.